The molecule has 1 aliphatic rings. The molecule has 19 heavy (non-hydrogen) atoms. The largest absolute Gasteiger partial charge is 0.381 e. The monoisotopic (exact) mass is 283 g/mol. The van der Waals surface area contributed by atoms with Crippen LogP contribution in [0.15, 0.2) is 0 Å². The van der Waals surface area contributed by atoms with Gasteiger partial charge in [-0.2, -0.15) is 0 Å². The highest BCUT2D eigenvalue weighted by atomic mass is 32.1. The molecule has 2 heterocycles. The number of rotatable bonds is 6. The van der Waals surface area contributed by atoms with Crippen molar-refractivity contribution in [2.45, 2.75) is 52.0 Å². The second-order valence-electron chi connectivity index (χ2n) is 5.58. The third-order valence-electron chi connectivity index (χ3n) is 3.76. The van der Waals surface area contributed by atoms with Crippen molar-refractivity contribution in [3.63, 3.8) is 0 Å². The minimum Gasteiger partial charge on any atom is -0.381 e. The maximum absolute atomic E-state index is 5.45. The first-order chi connectivity index (χ1) is 9.22. The molecule has 108 valence electrons. The molecule has 5 heteroatoms. The Labute approximate surface area is 120 Å². The van der Waals surface area contributed by atoms with Crippen LogP contribution in [0.4, 0.5) is 0 Å². The Morgan fingerprint density at radius 3 is 2.74 bits per heavy atom. The molecule has 1 aromatic rings. The molecule has 0 aliphatic carbocycles. The second-order valence-corrected chi connectivity index (χ2v) is 6.36. The van der Waals surface area contributed by atoms with Gasteiger partial charge in [0.25, 0.3) is 0 Å². The molecule has 0 spiro atoms. The van der Waals surface area contributed by atoms with E-state index in [1.54, 1.807) is 11.5 Å². The summed E-state index contributed by atoms with van der Waals surface area (Å²) in [6.07, 6.45) is 3.55. The summed E-state index contributed by atoms with van der Waals surface area (Å²) in [5, 5.41) is 7.93. The van der Waals surface area contributed by atoms with Gasteiger partial charge in [-0.3, -0.25) is 0 Å². The van der Waals surface area contributed by atoms with Crippen LogP contribution in [0, 0.1) is 5.92 Å². The van der Waals surface area contributed by atoms with E-state index in [9.17, 15) is 0 Å². The topological polar surface area (TPSA) is 47.0 Å². The third kappa shape index (κ3) is 3.97. The summed E-state index contributed by atoms with van der Waals surface area (Å²) in [4.78, 5) is 1.34. The lowest BCUT2D eigenvalue weighted by atomic mass is 9.90. The summed E-state index contributed by atoms with van der Waals surface area (Å²) in [5.41, 5.74) is 1.17. The van der Waals surface area contributed by atoms with E-state index in [0.29, 0.717) is 12.0 Å². The van der Waals surface area contributed by atoms with Gasteiger partial charge in [-0.25, -0.2) is 0 Å². The van der Waals surface area contributed by atoms with Crippen molar-refractivity contribution in [3.05, 3.63) is 10.6 Å². The predicted molar refractivity (Wildman–Crippen MR) is 78.6 cm³/mol. The molecule has 2 rings (SSSR count). The molecule has 4 nitrogen and oxygen atoms in total. The van der Waals surface area contributed by atoms with E-state index in [-0.39, 0.29) is 0 Å². The molecule has 1 N–H and O–H groups in total. The van der Waals surface area contributed by atoms with Crippen LogP contribution in [0.1, 0.15) is 62.6 Å². The van der Waals surface area contributed by atoms with Gasteiger partial charge in [0.05, 0.1) is 10.6 Å². The van der Waals surface area contributed by atoms with Gasteiger partial charge in [0.15, 0.2) is 0 Å². The summed E-state index contributed by atoms with van der Waals surface area (Å²) >= 11 is 1.56. The van der Waals surface area contributed by atoms with Gasteiger partial charge < -0.3 is 10.1 Å². The summed E-state index contributed by atoms with van der Waals surface area (Å²) in [7, 11) is 0. The van der Waals surface area contributed by atoms with Gasteiger partial charge in [0, 0.05) is 19.3 Å². The molecule has 1 atom stereocenters. The zero-order valence-electron chi connectivity index (χ0n) is 12.2. The minimum absolute atomic E-state index is 0.408. The summed E-state index contributed by atoms with van der Waals surface area (Å²) < 4.78 is 9.62. The molecule has 1 aliphatic heterocycles. The second kappa shape index (κ2) is 7.31. The van der Waals surface area contributed by atoms with Gasteiger partial charge >= 0.3 is 0 Å². The molecule has 0 radical (unpaired) electrons. The highest BCUT2D eigenvalue weighted by Crippen LogP contribution is 2.33. The average molecular weight is 283 g/mol. The summed E-state index contributed by atoms with van der Waals surface area (Å²) in [6.45, 7) is 9.38. The number of ether oxygens (including phenoxy) is 1. The maximum atomic E-state index is 5.45. The van der Waals surface area contributed by atoms with E-state index in [1.165, 1.54) is 29.8 Å². The lowest BCUT2D eigenvalue weighted by Gasteiger charge is -2.27. The highest BCUT2D eigenvalue weighted by Gasteiger charge is 2.24. The van der Waals surface area contributed by atoms with Crippen molar-refractivity contribution in [2.75, 3.05) is 19.8 Å². The molecule has 1 aromatic heterocycles. The number of hydrogen-bond donors (Lipinski definition) is 1. The zero-order chi connectivity index (χ0) is 13.7. The molecule has 1 fully saturated rings. The van der Waals surface area contributed by atoms with Crippen molar-refractivity contribution in [1.29, 1.82) is 0 Å². The Morgan fingerprint density at radius 1 is 1.37 bits per heavy atom. The Hall–Kier alpha value is -0.520. The van der Waals surface area contributed by atoms with E-state index in [4.69, 9.17) is 4.74 Å². The third-order valence-corrected chi connectivity index (χ3v) is 4.62. The average Bonchev–Trinajstić information content (AvgIpc) is 2.89. The van der Waals surface area contributed by atoms with Crippen LogP contribution in [0.25, 0.3) is 0 Å². The fraction of sp³-hybridized carbons (Fsp3) is 0.857. The van der Waals surface area contributed by atoms with Crippen molar-refractivity contribution >= 4 is 11.5 Å². The van der Waals surface area contributed by atoms with Crippen molar-refractivity contribution in [1.82, 2.24) is 14.9 Å². The molecule has 1 saturated heterocycles. The number of nitrogens with zero attached hydrogens (tertiary/aromatic N) is 2. The molecular weight excluding hydrogens is 258 g/mol. The smallest absolute Gasteiger partial charge is 0.0829 e. The van der Waals surface area contributed by atoms with Gasteiger partial charge in [-0.05, 0) is 49.2 Å². The van der Waals surface area contributed by atoms with Crippen LogP contribution in [-0.4, -0.2) is 29.3 Å². The van der Waals surface area contributed by atoms with E-state index in [1.807, 2.05) is 0 Å². The van der Waals surface area contributed by atoms with Crippen molar-refractivity contribution in [3.8, 4) is 0 Å². The van der Waals surface area contributed by atoms with Crippen molar-refractivity contribution < 1.29 is 4.74 Å². The highest BCUT2D eigenvalue weighted by molar-refractivity contribution is 7.05. The fourth-order valence-electron chi connectivity index (χ4n) is 2.69. The Balaban J connectivity index is 2.07. The van der Waals surface area contributed by atoms with E-state index in [0.717, 1.165) is 25.7 Å². The number of hydrogen-bond acceptors (Lipinski definition) is 5. The maximum Gasteiger partial charge on any atom is 0.0829 e. The van der Waals surface area contributed by atoms with Gasteiger partial charge in [-0.15, -0.1) is 5.10 Å². The fourth-order valence-corrected chi connectivity index (χ4v) is 3.59. The Bertz CT molecular complexity index is 375. The lowest BCUT2D eigenvalue weighted by Crippen LogP contribution is -2.26. The van der Waals surface area contributed by atoms with E-state index in [2.05, 4.69) is 35.7 Å². The SMILES string of the molecule is CCNC(CC1CCOCC1)c1snnc1C(C)C. The zero-order valence-corrected chi connectivity index (χ0v) is 13.0. The summed E-state index contributed by atoms with van der Waals surface area (Å²) in [6, 6.07) is 0.408. The van der Waals surface area contributed by atoms with Crippen LogP contribution in [-0.2, 0) is 4.74 Å². The molecule has 1 unspecified atom stereocenters. The van der Waals surface area contributed by atoms with E-state index < -0.39 is 0 Å². The molecule has 0 bridgehead atoms. The molecular formula is C14H25N3OS. The Morgan fingerprint density at radius 2 is 2.11 bits per heavy atom. The molecule has 0 aromatic carbocycles. The summed E-state index contributed by atoms with van der Waals surface area (Å²) in [5.74, 6) is 1.21. The first kappa shape index (κ1) is 14.9. The van der Waals surface area contributed by atoms with Crippen LogP contribution < -0.4 is 5.32 Å². The first-order valence-corrected chi connectivity index (χ1v) is 8.13. The standard InChI is InChI=1S/C14H25N3OS/c1-4-15-12(9-11-5-7-18-8-6-11)14-13(10(2)3)16-17-19-14/h10-12,15H,4-9H2,1-3H3. The van der Waals surface area contributed by atoms with Crippen molar-refractivity contribution in [2.24, 2.45) is 5.92 Å². The normalized spacial score (nSPS) is 18.9. The quantitative estimate of drug-likeness (QED) is 0.871. The number of nitrogens with one attached hydrogen (secondary N) is 1. The van der Waals surface area contributed by atoms with Crippen LogP contribution >= 0.6 is 11.5 Å². The van der Waals surface area contributed by atoms with Gasteiger partial charge in [0.2, 0.25) is 0 Å². The van der Waals surface area contributed by atoms with Crippen LogP contribution in [0.3, 0.4) is 0 Å². The lowest BCUT2D eigenvalue weighted by molar-refractivity contribution is 0.0606. The minimum atomic E-state index is 0.408. The van der Waals surface area contributed by atoms with Crippen LogP contribution in [0.2, 0.25) is 0 Å². The molecule has 0 saturated carbocycles. The number of aromatic nitrogens is 2. The molecule has 0 amide bonds. The van der Waals surface area contributed by atoms with Gasteiger partial charge in [-0.1, -0.05) is 25.3 Å². The van der Waals surface area contributed by atoms with E-state index >= 15 is 0 Å². The van der Waals surface area contributed by atoms with Gasteiger partial charge in [0.1, 0.15) is 0 Å². The predicted octanol–water partition coefficient (Wildman–Crippen LogP) is 3.13. The first-order valence-electron chi connectivity index (χ1n) is 7.35. The Kier molecular flexibility index (Phi) is 5.73. The van der Waals surface area contributed by atoms with Crippen LogP contribution in [0.5, 0.6) is 0 Å².